The largest absolute Gasteiger partial charge is 0.476 e. The fraction of sp³-hybridized carbons (Fsp3) is 0.370. The molecule has 0 aliphatic carbocycles. The highest BCUT2D eigenvalue weighted by Crippen LogP contribution is 2.35. The summed E-state index contributed by atoms with van der Waals surface area (Å²) >= 11 is 0. The first-order valence-electron chi connectivity index (χ1n) is 12.2. The van der Waals surface area contributed by atoms with Gasteiger partial charge in [-0.3, -0.25) is 4.79 Å². The third kappa shape index (κ3) is 7.20. The predicted octanol–water partition coefficient (Wildman–Crippen LogP) is 4.98. The summed E-state index contributed by atoms with van der Waals surface area (Å²) in [6.07, 6.45) is 0.242. The zero-order valence-corrected chi connectivity index (χ0v) is 23.2. The molecule has 0 radical (unpaired) electrons. The Hall–Kier alpha value is -3.70. The highest BCUT2D eigenvalue weighted by Gasteiger charge is 2.27. The second-order valence-electron chi connectivity index (χ2n) is 10.6. The van der Waals surface area contributed by atoms with Gasteiger partial charge in [0.2, 0.25) is 21.8 Å². The van der Waals surface area contributed by atoms with Crippen LogP contribution in [-0.4, -0.2) is 41.7 Å². The van der Waals surface area contributed by atoms with Crippen molar-refractivity contribution in [2.45, 2.75) is 52.9 Å². The van der Waals surface area contributed by atoms with Gasteiger partial charge in [0.05, 0.1) is 5.69 Å². The van der Waals surface area contributed by atoms with E-state index in [-0.39, 0.29) is 63.7 Å². The van der Waals surface area contributed by atoms with Gasteiger partial charge < -0.3 is 15.2 Å². The van der Waals surface area contributed by atoms with Crippen LogP contribution in [0.1, 0.15) is 57.1 Å². The fourth-order valence-corrected chi connectivity index (χ4v) is 4.94. The van der Waals surface area contributed by atoms with Crippen molar-refractivity contribution in [1.29, 1.82) is 0 Å². The van der Waals surface area contributed by atoms with Crippen LogP contribution in [-0.2, 0) is 14.8 Å². The van der Waals surface area contributed by atoms with Gasteiger partial charge in [-0.15, -0.1) is 0 Å². The Balaban J connectivity index is 2.11. The molecule has 0 atom stereocenters. The van der Waals surface area contributed by atoms with Crippen LogP contribution in [0.4, 0.5) is 5.69 Å². The number of nitrogens with one attached hydrogen (secondary N) is 2. The molecular formula is C27H34N4O6S. The molecule has 3 rings (SSSR count). The molecule has 11 heteroatoms. The van der Waals surface area contributed by atoms with Crippen LogP contribution in [0.25, 0.3) is 5.69 Å². The van der Waals surface area contributed by atoms with E-state index < -0.39 is 16.0 Å². The molecule has 10 nitrogen and oxygen atoms in total. The van der Waals surface area contributed by atoms with Gasteiger partial charge in [0.1, 0.15) is 10.6 Å². The SMILES string of the molecule is Cc1c(C(=O)O)nn(-c2ccccc2)c1Oc1ccc(NC(=O)CC(C)(C)C)cc1S(=O)(=O)NCC(C)C. The number of aromatic nitrogens is 2. The Kier molecular flexibility index (Phi) is 8.63. The molecule has 0 bridgehead atoms. The van der Waals surface area contributed by atoms with Crippen molar-refractivity contribution in [2.75, 3.05) is 11.9 Å². The minimum absolute atomic E-state index is 0.0451. The quantitative estimate of drug-likeness (QED) is 0.328. The summed E-state index contributed by atoms with van der Waals surface area (Å²) in [7, 11) is -4.07. The lowest BCUT2D eigenvalue weighted by atomic mass is 9.92. The number of amides is 1. The van der Waals surface area contributed by atoms with E-state index in [4.69, 9.17) is 4.74 Å². The topological polar surface area (TPSA) is 140 Å². The van der Waals surface area contributed by atoms with Crippen molar-refractivity contribution >= 4 is 27.6 Å². The lowest BCUT2D eigenvalue weighted by Gasteiger charge is -2.19. The van der Waals surface area contributed by atoms with E-state index in [1.165, 1.54) is 29.8 Å². The molecule has 0 saturated heterocycles. The Morgan fingerprint density at radius 3 is 2.34 bits per heavy atom. The maximum absolute atomic E-state index is 13.3. The molecule has 0 spiro atoms. The highest BCUT2D eigenvalue weighted by molar-refractivity contribution is 7.89. The predicted molar refractivity (Wildman–Crippen MR) is 145 cm³/mol. The van der Waals surface area contributed by atoms with Gasteiger partial charge in [0.15, 0.2) is 5.69 Å². The maximum atomic E-state index is 13.3. The summed E-state index contributed by atoms with van der Waals surface area (Å²) in [6.45, 7) is 11.3. The average Bonchev–Trinajstić information content (AvgIpc) is 3.14. The molecule has 0 fully saturated rings. The Bertz CT molecular complexity index is 1420. The fourth-order valence-electron chi connectivity index (χ4n) is 3.57. The molecule has 1 aromatic heterocycles. The molecule has 3 aromatic rings. The number of carbonyl (C=O) groups excluding carboxylic acids is 1. The lowest BCUT2D eigenvalue weighted by molar-refractivity contribution is -0.117. The molecule has 204 valence electrons. The standard InChI is InChI=1S/C27H34N4O6S/c1-17(2)16-28-38(35,36)22-14-19(29-23(32)15-27(4,5)6)12-13-21(22)37-25-18(3)24(26(33)34)30-31(25)20-10-8-7-9-11-20/h7-14,17,28H,15-16H2,1-6H3,(H,29,32)(H,33,34). The van der Waals surface area contributed by atoms with Crippen LogP contribution in [0.5, 0.6) is 11.6 Å². The number of anilines is 1. The first kappa shape index (κ1) is 28.9. The van der Waals surface area contributed by atoms with Gasteiger partial charge in [-0.1, -0.05) is 52.8 Å². The number of ether oxygens (including phenoxy) is 1. The van der Waals surface area contributed by atoms with Crippen LogP contribution < -0.4 is 14.8 Å². The Morgan fingerprint density at radius 1 is 1.11 bits per heavy atom. The number of para-hydroxylation sites is 1. The van der Waals surface area contributed by atoms with Crippen LogP contribution >= 0.6 is 0 Å². The first-order valence-corrected chi connectivity index (χ1v) is 13.7. The van der Waals surface area contributed by atoms with Crippen molar-refractivity contribution in [1.82, 2.24) is 14.5 Å². The minimum atomic E-state index is -4.07. The normalized spacial score (nSPS) is 12.0. The number of sulfonamides is 1. The summed E-state index contributed by atoms with van der Waals surface area (Å²) in [5, 5.41) is 16.6. The van der Waals surface area contributed by atoms with Gasteiger partial charge in [-0.05, 0) is 48.6 Å². The van der Waals surface area contributed by atoms with Gasteiger partial charge in [-0.25, -0.2) is 17.9 Å². The zero-order valence-electron chi connectivity index (χ0n) is 22.4. The van der Waals surface area contributed by atoms with E-state index >= 15 is 0 Å². The van der Waals surface area contributed by atoms with E-state index in [1.807, 2.05) is 34.6 Å². The molecule has 1 heterocycles. The number of aromatic carboxylic acids is 1. The van der Waals surface area contributed by atoms with Crippen molar-refractivity contribution in [2.24, 2.45) is 11.3 Å². The number of carboxylic acids is 1. The molecule has 3 N–H and O–H groups in total. The average molecular weight is 543 g/mol. The maximum Gasteiger partial charge on any atom is 0.356 e. The Labute approximate surface area is 223 Å². The molecular weight excluding hydrogens is 508 g/mol. The van der Waals surface area contributed by atoms with Crippen molar-refractivity contribution < 1.29 is 27.9 Å². The highest BCUT2D eigenvalue weighted by atomic mass is 32.2. The first-order chi connectivity index (χ1) is 17.7. The van der Waals surface area contributed by atoms with Crippen LogP contribution in [0.3, 0.4) is 0 Å². The van der Waals surface area contributed by atoms with Crippen LogP contribution in [0.15, 0.2) is 53.4 Å². The van der Waals surface area contributed by atoms with E-state index in [0.29, 0.717) is 5.69 Å². The van der Waals surface area contributed by atoms with E-state index in [9.17, 15) is 23.1 Å². The van der Waals surface area contributed by atoms with Crippen LogP contribution in [0.2, 0.25) is 0 Å². The third-order valence-corrected chi connectivity index (χ3v) is 6.81. The lowest BCUT2D eigenvalue weighted by Crippen LogP contribution is -2.28. The summed E-state index contributed by atoms with van der Waals surface area (Å²) in [6, 6.07) is 13.1. The number of rotatable bonds is 10. The number of nitrogens with zero attached hydrogens (tertiary/aromatic N) is 2. The molecule has 1 amide bonds. The van der Waals surface area contributed by atoms with Crippen molar-refractivity contribution in [3.63, 3.8) is 0 Å². The molecule has 2 aromatic carbocycles. The van der Waals surface area contributed by atoms with Gasteiger partial charge >= 0.3 is 5.97 Å². The van der Waals surface area contributed by atoms with E-state index in [0.717, 1.165) is 0 Å². The number of hydrogen-bond acceptors (Lipinski definition) is 6. The molecule has 0 aliphatic heterocycles. The Morgan fingerprint density at radius 2 is 1.76 bits per heavy atom. The van der Waals surface area contributed by atoms with E-state index in [2.05, 4.69) is 15.1 Å². The number of hydrogen-bond donors (Lipinski definition) is 3. The molecule has 0 aliphatic rings. The van der Waals surface area contributed by atoms with Gasteiger partial charge in [0.25, 0.3) is 0 Å². The zero-order chi connectivity index (χ0) is 28.3. The van der Waals surface area contributed by atoms with Crippen molar-refractivity contribution in [3.8, 4) is 17.3 Å². The molecule has 0 saturated carbocycles. The summed E-state index contributed by atoms with van der Waals surface area (Å²) < 4.78 is 36.7. The number of benzene rings is 2. The van der Waals surface area contributed by atoms with Crippen LogP contribution in [0, 0.1) is 18.3 Å². The number of carbonyl (C=O) groups is 2. The van der Waals surface area contributed by atoms with Gasteiger partial charge in [0, 0.05) is 24.2 Å². The van der Waals surface area contributed by atoms with E-state index in [1.54, 1.807) is 30.3 Å². The summed E-state index contributed by atoms with van der Waals surface area (Å²) in [5.74, 6) is -1.45. The van der Waals surface area contributed by atoms with Gasteiger partial charge in [-0.2, -0.15) is 9.78 Å². The second kappa shape index (κ2) is 11.4. The second-order valence-corrected chi connectivity index (χ2v) is 12.4. The summed E-state index contributed by atoms with van der Waals surface area (Å²) in [4.78, 5) is 24.1. The molecule has 38 heavy (non-hydrogen) atoms. The smallest absolute Gasteiger partial charge is 0.356 e. The summed E-state index contributed by atoms with van der Waals surface area (Å²) in [5.41, 5.74) is 0.568. The number of carboxylic acid groups (broad SMARTS) is 1. The minimum Gasteiger partial charge on any atom is -0.476 e. The third-order valence-electron chi connectivity index (χ3n) is 5.37. The monoisotopic (exact) mass is 542 g/mol. The van der Waals surface area contributed by atoms with Crippen molar-refractivity contribution in [3.05, 3.63) is 59.8 Å². The molecule has 0 unspecified atom stereocenters.